The number of anilines is 2. The first-order chi connectivity index (χ1) is 30.0. The van der Waals surface area contributed by atoms with E-state index in [1.54, 1.807) is 66.9 Å². The number of carbonyl (C=O) groups is 2. The van der Waals surface area contributed by atoms with Crippen LogP contribution in [0.1, 0.15) is 86.7 Å². The Balaban J connectivity index is 1.14. The van der Waals surface area contributed by atoms with Crippen LogP contribution in [-0.4, -0.2) is 67.6 Å². The van der Waals surface area contributed by atoms with Crippen LogP contribution < -0.4 is 60.5 Å². The fourth-order valence-corrected chi connectivity index (χ4v) is 8.76. The second-order valence-corrected chi connectivity index (χ2v) is 15.5. The molecule has 0 fully saturated rings. The molecular formula is C48H58N4O10. The van der Waals surface area contributed by atoms with Crippen LogP contribution in [0.25, 0.3) is 22.3 Å². The molecule has 4 aromatic carbocycles. The van der Waals surface area contributed by atoms with Crippen molar-refractivity contribution >= 4 is 23.2 Å². The molecule has 4 aromatic rings. The van der Waals surface area contributed by atoms with E-state index in [1.165, 1.54) is 13.8 Å². The van der Waals surface area contributed by atoms with Crippen molar-refractivity contribution in [1.82, 2.24) is 10.6 Å². The molecule has 0 bridgehead atoms. The SMILES string of the molecule is COc1cc2c(c(OC)c1OC)-c1ccc(NCCCCCCNc3ccc4c(cc3=O)[C@H](NC(C)=O)CCc3cc(OC)c(OC)c(OC)c3-4)c(=O)cc1[C@@H](NC(C)=O)CC2. The lowest BCUT2D eigenvalue weighted by Gasteiger charge is -2.19. The zero-order valence-electron chi connectivity index (χ0n) is 36.9. The normalized spacial score (nSPS) is 14.8. The summed E-state index contributed by atoms with van der Waals surface area (Å²) in [5, 5.41) is 12.8. The minimum atomic E-state index is -0.390. The number of hydrogen-bond acceptors (Lipinski definition) is 12. The first-order valence-electron chi connectivity index (χ1n) is 21.0. The molecule has 14 heteroatoms. The summed E-state index contributed by atoms with van der Waals surface area (Å²) in [6.07, 6.45) is 5.83. The molecule has 0 heterocycles. The Labute approximate surface area is 362 Å². The molecule has 2 aliphatic rings. The van der Waals surface area contributed by atoms with Gasteiger partial charge < -0.3 is 49.7 Å². The second-order valence-electron chi connectivity index (χ2n) is 15.5. The van der Waals surface area contributed by atoms with E-state index in [0.717, 1.165) is 59.1 Å². The summed E-state index contributed by atoms with van der Waals surface area (Å²) in [6, 6.07) is 13.7. The van der Waals surface area contributed by atoms with Gasteiger partial charge in [0.2, 0.25) is 34.2 Å². The number of carbonyl (C=O) groups excluding carboxylic acids is 2. The van der Waals surface area contributed by atoms with Crippen LogP contribution in [0.4, 0.5) is 11.4 Å². The van der Waals surface area contributed by atoms with Crippen molar-refractivity contribution in [2.45, 2.75) is 77.3 Å². The number of methoxy groups -OCH3 is 6. The van der Waals surface area contributed by atoms with Crippen molar-refractivity contribution in [3.05, 3.63) is 91.2 Å². The van der Waals surface area contributed by atoms with Crippen molar-refractivity contribution in [2.24, 2.45) is 0 Å². The molecule has 0 saturated carbocycles. The third-order valence-corrected chi connectivity index (χ3v) is 11.6. The highest BCUT2D eigenvalue weighted by Crippen LogP contribution is 2.51. The smallest absolute Gasteiger partial charge is 0.217 e. The van der Waals surface area contributed by atoms with Gasteiger partial charge in [-0.05, 0) is 108 Å². The van der Waals surface area contributed by atoms with Crippen LogP contribution in [0.3, 0.4) is 0 Å². The molecule has 14 nitrogen and oxygen atoms in total. The molecule has 0 aliphatic heterocycles. The largest absolute Gasteiger partial charge is 0.493 e. The summed E-state index contributed by atoms with van der Waals surface area (Å²) >= 11 is 0. The van der Waals surface area contributed by atoms with Gasteiger partial charge in [0, 0.05) is 38.1 Å². The first kappa shape index (κ1) is 45.1. The summed E-state index contributed by atoms with van der Waals surface area (Å²) in [5.74, 6) is 2.61. The van der Waals surface area contributed by atoms with Gasteiger partial charge in [-0.3, -0.25) is 19.2 Å². The monoisotopic (exact) mass is 850 g/mol. The van der Waals surface area contributed by atoms with Crippen molar-refractivity contribution in [2.75, 3.05) is 66.4 Å². The summed E-state index contributed by atoms with van der Waals surface area (Å²) in [4.78, 5) is 52.0. The fraction of sp³-hybridized carbons (Fsp3) is 0.417. The Kier molecular flexibility index (Phi) is 14.8. The number of amides is 2. The molecule has 0 aromatic heterocycles. The van der Waals surface area contributed by atoms with Gasteiger partial charge in [0.25, 0.3) is 0 Å². The van der Waals surface area contributed by atoms with Crippen molar-refractivity contribution in [3.8, 4) is 56.8 Å². The van der Waals surface area contributed by atoms with E-state index in [-0.39, 0.29) is 22.7 Å². The van der Waals surface area contributed by atoms with Crippen LogP contribution in [0.2, 0.25) is 0 Å². The van der Waals surface area contributed by atoms with Crippen molar-refractivity contribution < 1.29 is 38.0 Å². The van der Waals surface area contributed by atoms with E-state index in [9.17, 15) is 19.2 Å². The lowest BCUT2D eigenvalue weighted by molar-refractivity contribution is -0.120. The van der Waals surface area contributed by atoms with E-state index in [0.29, 0.717) is 95.8 Å². The number of ether oxygens (including phenoxy) is 6. The van der Waals surface area contributed by atoms with E-state index in [4.69, 9.17) is 28.4 Å². The Morgan fingerprint density at radius 2 is 0.919 bits per heavy atom. The number of aryl methyl sites for hydroxylation is 2. The third kappa shape index (κ3) is 9.54. The number of hydrogen-bond donors (Lipinski definition) is 4. The summed E-state index contributed by atoms with van der Waals surface area (Å²) < 4.78 is 34.5. The summed E-state index contributed by atoms with van der Waals surface area (Å²) in [5.41, 5.74) is 7.03. The predicted octanol–water partition coefficient (Wildman–Crippen LogP) is 7.12. The Hall–Kier alpha value is -6.44. The zero-order valence-corrected chi connectivity index (χ0v) is 36.9. The Morgan fingerprint density at radius 3 is 1.26 bits per heavy atom. The number of fused-ring (bicyclic) bond motifs is 6. The van der Waals surface area contributed by atoms with Crippen molar-refractivity contribution in [3.63, 3.8) is 0 Å². The maximum Gasteiger partial charge on any atom is 0.217 e. The van der Waals surface area contributed by atoms with E-state index in [1.807, 2.05) is 24.3 Å². The molecule has 0 radical (unpaired) electrons. The molecule has 330 valence electrons. The molecule has 62 heavy (non-hydrogen) atoms. The quantitative estimate of drug-likeness (QED) is 0.0795. The fourth-order valence-electron chi connectivity index (χ4n) is 8.76. The molecule has 0 spiro atoms. The standard InChI is InChI=1S/C48H58N4O10/c1-27(53)51-35-17-13-29-23-41(57-3)45(59-5)47(61-7)43(29)31-15-19-37(39(55)25-33(31)35)49-21-11-9-10-12-22-50-38-20-16-32-34(26-40(38)56)36(52-28(2)54)18-14-30-24-42(58-4)46(60-6)48(62-8)44(30)32/h15-16,19-20,23-26,35-36H,9-14,17-18,21-22H2,1-8H3,(H,49,55)(H,50,56)(H,51,53)(H,52,54)/t35-,36+. The minimum Gasteiger partial charge on any atom is -0.493 e. The van der Waals surface area contributed by atoms with Crippen LogP contribution in [-0.2, 0) is 22.4 Å². The van der Waals surface area contributed by atoms with Gasteiger partial charge in [0.05, 0.1) is 66.1 Å². The zero-order chi connectivity index (χ0) is 44.5. The van der Waals surface area contributed by atoms with E-state index < -0.39 is 12.1 Å². The maximum absolute atomic E-state index is 13.7. The highest BCUT2D eigenvalue weighted by Gasteiger charge is 2.31. The summed E-state index contributed by atoms with van der Waals surface area (Å²) in [6.45, 7) is 4.11. The first-order valence-corrected chi connectivity index (χ1v) is 21.0. The lowest BCUT2D eigenvalue weighted by atomic mass is 9.95. The van der Waals surface area contributed by atoms with Crippen LogP contribution in [0.5, 0.6) is 34.5 Å². The molecule has 0 unspecified atom stereocenters. The topological polar surface area (TPSA) is 172 Å². The van der Waals surface area contributed by atoms with Gasteiger partial charge in [0.1, 0.15) is 0 Å². The average Bonchev–Trinajstić information content (AvgIpc) is 3.65. The van der Waals surface area contributed by atoms with Gasteiger partial charge in [-0.15, -0.1) is 0 Å². The molecule has 0 saturated heterocycles. The van der Waals surface area contributed by atoms with Crippen LogP contribution in [0.15, 0.2) is 58.1 Å². The van der Waals surface area contributed by atoms with Gasteiger partial charge >= 0.3 is 0 Å². The van der Waals surface area contributed by atoms with E-state index >= 15 is 0 Å². The lowest BCUT2D eigenvalue weighted by Crippen LogP contribution is -2.26. The van der Waals surface area contributed by atoms with Crippen LogP contribution in [0, 0.1) is 0 Å². The Morgan fingerprint density at radius 1 is 0.532 bits per heavy atom. The van der Waals surface area contributed by atoms with Crippen LogP contribution >= 0.6 is 0 Å². The molecule has 2 aliphatic carbocycles. The van der Waals surface area contributed by atoms with Crippen molar-refractivity contribution in [1.29, 1.82) is 0 Å². The maximum atomic E-state index is 13.7. The van der Waals surface area contributed by atoms with E-state index in [2.05, 4.69) is 21.3 Å². The number of rotatable bonds is 17. The summed E-state index contributed by atoms with van der Waals surface area (Å²) in [7, 11) is 9.42. The third-order valence-electron chi connectivity index (χ3n) is 11.6. The predicted molar refractivity (Wildman–Crippen MR) is 241 cm³/mol. The molecule has 6 rings (SSSR count). The molecule has 4 N–H and O–H groups in total. The Bertz CT molecular complexity index is 2270. The molecule has 2 atom stereocenters. The average molecular weight is 851 g/mol. The number of unbranched alkanes of at least 4 members (excludes halogenated alkanes) is 3. The van der Waals surface area contributed by atoms with Gasteiger partial charge in [-0.2, -0.15) is 0 Å². The van der Waals surface area contributed by atoms with Gasteiger partial charge in [-0.1, -0.05) is 25.0 Å². The number of nitrogens with one attached hydrogen (secondary N) is 4. The van der Waals surface area contributed by atoms with Gasteiger partial charge in [0.15, 0.2) is 23.0 Å². The highest BCUT2D eigenvalue weighted by atomic mass is 16.5. The van der Waals surface area contributed by atoms with Gasteiger partial charge in [-0.25, -0.2) is 0 Å². The molecule has 2 amide bonds. The molecular weight excluding hydrogens is 793 g/mol. The second kappa shape index (κ2) is 20.4. The number of benzene rings is 2. The highest BCUT2D eigenvalue weighted by molar-refractivity contribution is 5.85. The minimum absolute atomic E-state index is 0.181.